The number of carbonyl (C=O) groups excluding carboxylic acids is 1. The Morgan fingerprint density at radius 3 is 2.32 bits per heavy atom. The number of nitrogens with zero attached hydrogens (tertiary/aromatic N) is 5. The second-order valence-corrected chi connectivity index (χ2v) is 5.99. The second-order valence-electron chi connectivity index (χ2n) is 5.99. The van der Waals surface area contributed by atoms with Crippen molar-refractivity contribution in [1.29, 1.82) is 0 Å². The third-order valence-electron chi connectivity index (χ3n) is 4.44. The van der Waals surface area contributed by atoms with Crippen LogP contribution < -0.4 is 0 Å². The van der Waals surface area contributed by atoms with Crippen molar-refractivity contribution in [2.45, 2.75) is 18.8 Å². The van der Waals surface area contributed by atoms with E-state index >= 15 is 0 Å². The standard InChI is InChI=1S/C18H17N5O2/c24-18(15-3-9-20-10-4-15)23-11-5-14(6-12-23)17-21-16(22-25-17)13-1-7-19-8-2-13/h1-4,7-10,14H,5-6,11-12H2. The normalized spacial score (nSPS) is 15.3. The number of hydrogen-bond donors (Lipinski definition) is 0. The van der Waals surface area contributed by atoms with Gasteiger partial charge in [-0.1, -0.05) is 5.16 Å². The molecule has 7 heteroatoms. The van der Waals surface area contributed by atoms with Gasteiger partial charge in [-0.25, -0.2) is 0 Å². The van der Waals surface area contributed by atoms with Crippen LogP contribution in [0.3, 0.4) is 0 Å². The third-order valence-corrected chi connectivity index (χ3v) is 4.44. The lowest BCUT2D eigenvalue weighted by molar-refractivity contribution is 0.0704. The molecule has 1 amide bonds. The van der Waals surface area contributed by atoms with Crippen LogP contribution in [0.4, 0.5) is 0 Å². The summed E-state index contributed by atoms with van der Waals surface area (Å²) in [4.78, 5) is 26.8. The molecule has 7 nitrogen and oxygen atoms in total. The summed E-state index contributed by atoms with van der Waals surface area (Å²) in [6.07, 6.45) is 8.31. The van der Waals surface area contributed by atoms with Crippen molar-refractivity contribution < 1.29 is 9.32 Å². The number of likely N-dealkylation sites (tertiary alicyclic amines) is 1. The molecule has 3 aromatic rings. The topological polar surface area (TPSA) is 85.0 Å². The van der Waals surface area contributed by atoms with E-state index in [-0.39, 0.29) is 11.8 Å². The highest BCUT2D eigenvalue weighted by Gasteiger charge is 2.28. The minimum atomic E-state index is 0.0452. The summed E-state index contributed by atoms with van der Waals surface area (Å²) in [5.74, 6) is 1.45. The molecule has 0 radical (unpaired) electrons. The van der Waals surface area contributed by atoms with Crippen LogP contribution in [0, 0.1) is 0 Å². The fraction of sp³-hybridized carbons (Fsp3) is 0.278. The molecule has 3 aromatic heterocycles. The van der Waals surface area contributed by atoms with Crippen molar-refractivity contribution in [2.24, 2.45) is 0 Å². The Bertz CT molecular complexity index is 842. The maximum atomic E-state index is 12.5. The molecule has 1 saturated heterocycles. The van der Waals surface area contributed by atoms with E-state index in [4.69, 9.17) is 4.52 Å². The predicted molar refractivity (Wildman–Crippen MR) is 89.6 cm³/mol. The highest BCUT2D eigenvalue weighted by Crippen LogP contribution is 2.29. The van der Waals surface area contributed by atoms with Gasteiger partial charge in [0.2, 0.25) is 11.7 Å². The molecule has 4 rings (SSSR count). The van der Waals surface area contributed by atoms with Crippen LogP contribution in [0.15, 0.2) is 53.6 Å². The Kier molecular flexibility index (Phi) is 4.20. The third kappa shape index (κ3) is 3.26. The van der Waals surface area contributed by atoms with Gasteiger partial charge in [0.15, 0.2) is 0 Å². The number of carbonyl (C=O) groups is 1. The fourth-order valence-electron chi connectivity index (χ4n) is 3.03. The Morgan fingerprint density at radius 2 is 1.64 bits per heavy atom. The maximum Gasteiger partial charge on any atom is 0.253 e. The summed E-state index contributed by atoms with van der Waals surface area (Å²) in [5.41, 5.74) is 1.56. The van der Waals surface area contributed by atoms with Gasteiger partial charge in [0.1, 0.15) is 0 Å². The molecule has 0 atom stereocenters. The minimum Gasteiger partial charge on any atom is -0.339 e. The molecule has 0 aromatic carbocycles. The maximum absolute atomic E-state index is 12.5. The van der Waals surface area contributed by atoms with Crippen molar-refractivity contribution >= 4 is 5.91 Å². The van der Waals surface area contributed by atoms with Crippen molar-refractivity contribution in [2.75, 3.05) is 13.1 Å². The van der Waals surface area contributed by atoms with E-state index in [0.29, 0.717) is 30.4 Å². The van der Waals surface area contributed by atoms with E-state index in [1.54, 1.807) is 36.9 Å². The minimum absolute atomic E-state index is 0.0452. The summed E-state index contributed by atoms with van der Waals surface area (Å²) < 4.78 is 5.45. The molecule has 1 fully saturated rings. The van der Waals surface area contributed by atoms with Gasteiger partial charge < -0.3 is 9.42 Å². The summed E-state index contributed by atoms with van der Waals surface area (Å²) >= 11 is 0. The molecule has 25 heavy (non-hydrogen) atoms. The molecule has 0 aliphatic carbocycles. The number of pyridine rings is 2. The van der Waals surface area contributed by atoms with Crippen LogP contribution in [0.25, 0.3) is 11.4 Å². The molecule has 0 bridgehead atoms. The van der Waals surface area contributed by atoms with Gasteiger partial charge in [-0.15, -0.1) is 0 Å². The first kappa shape index (κ1) is 15.4. The van der Waals surface area contributed by atoms with Crippen LogP contribution in [0.5, 0.6) is 0 Å². The predicted octanol–water partition coefficient (Wildman–Crippen LogP) is 2.55. The van der Waals surface area contributed by atoms with Gasteiger partial charge in [-0.2, -0.15) is 4.98 Å². The van der Waals surface area contributed by atoms with E-state index in [9.17, 15) is 4.79 Å². The molecular formula is C18H17N5O2. The number of hydrogen-bond acceptors (Lipinski definition) is 6. The van der Waals surface area contributed by atoms with Gasteiger partial charge in [-0.05, 0) is 37.1 Å². The van der Waals surface area contributed by atoms with Crippen molar-refractivity contribution in [3.63, 3.8) is 0 Å². The number of amides is 1. The Morgan fingerprint density at radius 1 is 1.00 bits per heavy atom. The molecular weight excluding hydrogens is 318 g/mol. The quantitative estimate of drug-likeness (QED) is 0.731. The molecule has 0 unspecified atom stereocenters. The van der Waals surface area contributed by atoms with Crippen LogP contribution >= 0.6 is 0 Å². The molecule has 4 heterocycles. The van der Waals surface area contributed by atoms with Crippen LogP contribution in [-0.4, -0.2) is 44.0 Å². The van der Waals surface area contributed by atoms with Crippen molar-refractivity contribution in [3.8, 4) is 11.4 Å². The zero-order valence-corrected chi connectivity index (χ0v) is 13.6. The Labute approximate surface area is 144 Å². The lowest BCUT2D eigenvalue weighted by atomic mass is 9.96. The number of rotatable bonds is 3. The van der Waals surface area contributed by atoms with E-state index in [2.05, 4.69) is 20.1 Å². The first-order valence-corrected chi connectivity index (χ1v) is 8.24. The summed E-state index contributed by atoms with van der Waals surface area (Å²) in [6.45, 7) is 1.36. The second kappa shape index (κ2) is 6.80. The average molecular weight is 335 g/mol. The zero-order chi connectivity index (χ0) is 17.1. The molecule has 0 saturated carbocycles. The first-order chi connectivity index (χ1) is 12.3. The molecule has 126 valence electrons. The number of aromatic nitrogens is 4. The monoisotopic (exact) mass is 335 g/mol. The summed E-state index contributed by atoms with van der Waals surface area (Å²) in [5, 5.41) is 4.06. The van der Waals surface area contributed by atoms with Crippen LogP contribution in [0.1, 0.15) is 35.0 Å². The summed E-state index contributed by atoms with van der Waals surface area (Å²) in [6, 6.07) is 7.19. The Hall–Kier alpha value is -3.09. The van der Waals surface area contributed by atoms with Gasteiger partial charge in [0, 0.05) is 54.9 Å². The van der Waals surface area contributed by atoms with Crippen molar-refractivity contribution in [1.82, 2.24) is 25.0 Å². The van der Waals surface area contributed by atoms with Gasteiger partial charge in [0.05, 0.1) is 0 Å². The Balaban J connectivity index is 1.41. The first-order valence-electron chi connectivity index (χ1n) is 8.24. The van der Waals surface area contributed by atoms with Crippen molar-refractivity contribution in [3.05, 3.63) is 60.5 Å². The molecule has 0 spiro atoms. The molecule has 1 aliphatic rings. The van der Waals surface area contributed by atoms with E-state index in [1.165, 1.54) is 0 Å². The van der Waals surface area contributed by atoms with E-state index < -0.39 is 0 Å². The molecule has 1 aliphatic heterocycles. The summed E-state index contributed by atoms with van der Waals surface area (Å²) in [7, 11) is 0. The van der Waals surface area contributed by atoms with Crippen LogP contribution in [-0.2, 0) is 0 Å². The highest BCUT2D eigenvalue weighted by atomic mass is 16.5. The van der Waals surface area contributed by atoms with Gasteiger partial charge >= 0.3 is 0 Å². The van der Waals surface area contributed by atoms with Crippen LogP contribution in [0.2, 0.25) is 0 Å². The molecule has 0 N–H and O–H groups in total. The van der Waals surface area contributed by atoms with Gasteiger partial charge in [-0.3, -0.25) is 14.8 Å². The lowest BCUT2D eigenvalue weighted by Gasteiger charge is -2.30. The van der Waals surface area contributed by atoms with E-state index in [1.807, 2.05) is 17.0 Å². The van der Waals surface area contributed by atoms with Gasteiger partial charge in [0.25, 0.3) is 5.91 Å². The fourth-order valence-corrected chi connectivity index (χ4v) is 3.03. The SMILES string of the molecule is O=C(c1ccncc1)N1CCC(c2nc(-c3ccncc3)no2)CC1. The zero-order valence-electron chi connectivity index (χ0n) is 13.6. The lowest BCUT2D eigenvalue weighted by Crippen LogP contribution is -2.38. The van der Waals surface area contributed by atoms with E-state index in [0.717, 1.165) is 18.4 Å². The number of piperidine rings is 1. The average Bonchev–Trinajstić information content (AvgIpc) is 3.19. The highest BCUT2D eigenvalue weighted by molar-refractivity contribution is 5.94. The largest absolute Gasteiger partial charge is 0.339 e. The smallest absolute Gasteiger partial charge is 0.253 e.